The van der Waals surface area contributed by atoms with E-state index < -0.39 is 0 Å². The lowest BCUT2D eigenvalue weighted by Crippen LogP contribution is -2.37. The zero-order valence-electron chi connectivity index (χ0n) is 12.1. The summed E-state index contributed by atoms with van der Waals surface area (Å²) < 4.78 is 0. The van der Waals surface area contributed by atoms with Gasteiger partial charge in [0.1, 0.15) is 0 Å². The quantitative estimate of drug-likeness (QED) is 0.623. The predicted octanol–water partition coefficient (Wildman–Crippen LogP) is 4.32. The third-order valence-corrected chi connectivity index (χ3v) is 4.63. The highest BCUT2D eigenvalue weighted by molar-refractivity contribution is 4.90. The van der Waals surface area contributed by atoms with E-state index in [1.165, 1.54) is 45.1 Å². The van der Waals surface area contributed by atoms with Gasteiger partial charge >= 0.3 is 0 Å². The Morgan fingerprint density at radius 1 is 1.31 bits per heavy atom. The Hall–Kier alpha value is -0.0400. The van der Waals surface area contributed by atoms with Crippen LogP contribution in [0.1, 0.15) is 66.2 Å². The van der Waals surface area contributed by atoms with E-state index >= 15 is 0 Å². The molecule has 0 radical (unpaired) electrons. The summed E-state index contributed by atoms with van der Waals surface area (Å²) in [4.78, 5) is 2.51. The summed E-state index contributed by atoms with van der Waals surface area (Å²) in [6.45, 7) is 10.7. The highest BCUT2D eigenvalue weighted by atomic mass is 15.1. The first-order chi connectivity index (χ1) is 7.50. The first kappa shape index (κ1) is 14.0. The van der Waals surface area contributed by atoms with Crippen LogP contribution < -0.4 is 0 Å². The molecule has 1 atom stereocenters. The third kappa shape index (κ3) is 3.76. The molecule has 0 spiro atoms. The summed E-state index contributed by atoms with van der Waals surface area (Å²) in [7, 11) is 2.27. The van der Waals surface area contributed by atoms with Crippen molar-refractivity contribution in [3.8, 4) is 0 Å². The fourth-order valence-corrected chi connectivity index (χ4v) is 3.18. The molecule has 16 heavy (non-hydrogen) atoms. The van der Waals surface area contributed by atoms with Crippen LogP contribution in [0.25, 0.3) is 0 Å². The molecule has 0 N–H and O–H groups in total. The third-order valence-electron chi connectivity index (χ3n) is 4.63. The van der Waals surface area contributed by atoms with Gasteiger partial charge in [0.05, 0.1) is 0 Å². The van der Waals surface area contributed by atoms with Gasteiger partial charge in [-0.2, -0.15) is 0 Å². The van der Waals surface area contributed by atoms with Gasteiger partial charge in [0.25, 0.3) is 0 Å². The van der Waals surface area contributed by atoms with Gasteiger partial charge in [0.15, 0.2) is 0 Å². The Balaban J connectivity index is 2.19. The predicted molar refractivity (Wildman–Crippen MR) is 72.7 cm³/mol. The summed E-state index contributed by atoms with van der Waals surface area (Å²) in [6.07, 6.45) is 8.43. The van der Waals surface area contributed by atoms with Crippen LogP contribution in [0.4, 0.5) is 0 Å². The number of hydrogen-bond donors (Lipinski definition) is 0. The lowest BCUT2D eigenvalue weighted by molar-refractivity contribution is 0.0521. The van der Waals surface area contributed by atoms with Gasteiger partial charge in [-0.15, -0.1) is 0 Å². The maximum absolute atomic E-state index is 2.51. The van der Waals surface area contributed by atoms with Crippen LogP contribution in [0.3, 0.4) is 0 Å². The minimum absolute atomic E-state index is 0.683. The lowest BCUT2D eigenvalue weighted by Gasteiger charge is -2.46. The van der Waals surface area contributed by atoms with Crippen LogP contribution in [0, 0.1) is 11.3 Å². The first-order valence-electron chi connectivity index (χ1n) is 7.21. The Morgan fingerprint density at radius 2 is 1.94 bits per heavy atom. The second-order valence-corrected chi connectivity index (χ2v) is 6.36. The highest BCUT2D eigenvalue weighted by Gasteiger charge is 2.38. The van der Waals surface area contributed by atoms with Crippen molar-refractivity contribution >= 4 is 0 Å². The number of nitrogens with zero attached hydrogens (tertiary/aromatic N) is 1. The Morgan fingerprint density at radius 3 is 2.44 bits per heavy atom. The van der Waals surface area contributed by atoms with Gasteiger partial charge in [-0.05, 0) is 64.0 Å². The molecule has 0 aromatic rings. The van der Waals surface area contributed by atoms with Crippen LogP contribution in [0.2, 0.25) is 0 Å². The average Bonchev–Trinajstić information content (AvgIpc) is 2.22. The van der Waals surface area contributed by atoms with Crippen molar-refractivity contribution in [1.29, 1.82) is 0 Å². The summed E-state index contributed by atoms with van der Waals surface area (Å²) in [5, 5.41) is 0. The number of hydrogen-bond acceptors (Lipinski definition) is 1. The largest absolute Gasteiger partial charge is 0.304 e. The van der Waals surface area contributed by atoms with E-state index in [4.69, 9.17) is 0 Å². The van der Waals surface area contributed by atoms with Crippen molar-refractivity contribution in [2.24, 2.45) is 11.3 Å². The molecule has 0 aromatic heterocycles. The molecular formula is C15H31N. The van der Waals surface area contributed by atoms with Crippen molar-refractivity contribution in [3.63, 3.8) is 0 Å². The Bertz CT molecular complexity index is 194. The van der Waals surface area contributed by atoms with Crippen molar-refractivity contribution in [2.75, 3.05) is 13.6 Å². The molecule has 0 heterocycles. The summed E-state index contributed by atoms with van der Waals surface area (Å²) >= 11 is 0. The van der Waals surface area contributed by atoms with Gasteiger partial charge in [-0.25, -0.2) is 0 Å². The monoisotopic (exact) mass is 225 g/mol. The zero-order chi connectivity index (χ0) is 12.2. The zero-order valence-corrected chi connectivity index (χ0v) is 12.1. The molecule has 1 nitrogen and oxygen atoms in total. The standard InChI is InChI=1S/C15H31N/c1-6-10-16(5)13(3)8-9-15(4)11-14(7-2)12-15/h13-14H,6-12H2,1-5H3. The molecule has 1 unspecified atom stereocenters. The van der Waals surface area contributed by atoms with E-state index in [1.54, 1.807) is 0 Å². The van der Waals surface area contributed by atoms with E-state index in [2.05, 4.69) is 39.6 Å². The molecule has 0 aliphatic heterocycles. The molecule has 0 bridgehead atoms. The van der Waals surface area contributed by atoms with E-state index in [9.17, 15) is 0 Å². The van der Waals surface area contributed by atoms with Crippen LogP contribution in [-0.4, -0.2) is 24.5 Å². The molecule has 0 amide bonds. The lowest BCUT2D eigenvalue weighted by atomic mass is 9.60. The molecule has 96 valence electrons. The Kier molecular flexibility index (Phi) is 5.30. The van der Waals surface area contributed by atoms with Crippen LogP contribution in [0.5, 0.6) is 0 Å². The van der Waals surface area contributed by atoms with Crippen molar-refractivity contribution in [1.82, 2.24) is 4.90 Å². The van der Waals surface area contributed by atoms with E-state index in [0.717, 1.165) is 12.0 Å². The van der Waals surface area contributed by atoms with Crippen molar-refractivity contribution in [2.45, 2.75) is 72.3 Å². The molecular weight excluding hydrogens is 194 g/mol. The van der Waals surface area contributed by atoms with E-state index in [1.807, 2.05) is 0 Å². The minimum atomic E-state index is 0.683. The van der Waals surface area contributed by atoms with Crippen LogP contribution in [0.15, 0.2) is 0 Å². The van der Waals surface area contributed by atoms with Gasteiger partial charge in [0.2, 0.25) is 0 Å². The van der Waals surface area contributed by atoms with Gasteiger partial charge in [0, 0.05) is 6.04 Å². The summed E-state index contributed by atoms with van der Waals surface area (Å²) in [5.41, 5.74) is 0.683. The molecule has 0 saturated heterocycles. The van der Waals surface area contributed by atoms with Gasteiger partial charge in [-0.3, -0.25) is 0 Å². The molecule has 1 aliphatic carbocycles. The van der Waals surface area contributed by atoms with Gasteiger partial charge < -0.3 is 4.90 Å². The van der Waals surface area contributed by atoms with Crippen molar-refractivity contribution in [3.05, 3.63) is 0 Å². The maximum atomic E-state index is 2.51. The van der Waals surface area contributed by atoms with Crippen LogP contribution in [-0.2, 0) is 0 Å². The van der Waals surface area contributed by atoms with Crippen molar-refractivity contribution < 1.29 is 0 Å². The molecule has 1 rings (SSSR count). The fraction of sp³-hybridized carbons (Fsp3) is 1.00. The molecule has 1 heteroatoms. The minimum Gasteiger partial charge on any atom is -0.304 e. The highest BCUT2D eigenvalue weighted by Crippen LogP contribution is 2.50. The topological polar surface area (TPSA) is 3.24 Å². The summed E-state index contributed by atoms with van der Waals surface area (Å²) in [6, 6.07) is 0.762. The van der Waals surface area contributed by atoms with Gasteiger partial charge in [-0.1, -0.05) is 27.2 Å². The van der Waals surface area contributed by atoms with E-state index in [0.29, 0.717) is 5.41 Å². The second kappa shape index (κ2) is 6.05. The fourth-order valence-electron chi connectivity index (χ4n) is 3.18. The SMILES string of the molecule is CCCN(C)C(C)CCC1(C)CC(CC)C1. The first-order valence-corrected chi connectivity index (χ1v) is 7.21. The van der Waals surface area contributed by atoms with Crippen LogP contribution >= 0.6 is 0 Å². The average molecular weight is 225 g/mol. The smallest absolute Gasteiger partial charge is 0.00640 e. The number of rotatable bonds is 7. The normalized spacial score (nSPS) is 31.5. The Labute approximate surface area is 103 Å². The summed E-state index contributed by atoms with van der Waals surface area (Å²) in [5.74, 6) is 1.04. The molecule has 1 aliphatic rings. The molecule has 0 aromatic carbocycles. The van der Waals surface area contributed by atoms with E-state index in [-0.39, 0.29) is 0 Å². The maximum Gasteiger partial charge on any atom is 0.00640 e. The molecule has 1 saturated carbocycles. The second-order valence-electron chi connectivity index (χ2n) is 6.36. The molecule has 1 fully saturated rings.